The Hall–Kier alpha value is -2.38. The second-order valence-corrected chi connectivity index (χ2v) is 5.15. The van der Waals surface area contributed by atoms with Crippen LogP contribution in [0.1, 0.15) is 32.4 Å². The lowest BCUT2D eigenvalue weighted by molar-refractivity contribution is -0.142. The minimum atomic E-state index is -1.21. The molecule has 1 aromatic rings. The van der Waals surface area contributed by atoms with Crippen molar-refractivity contribution in [3.63, 3.8) is 0 Å². The average Bonchev–Trinajstić information content (AvgIpc) is 2.78. The summed E-state index contributed by atoms with van der Waals surface area (Å²) in [7, 11) is 1.65. The monoisotopic (exact) mass is 296 g/mol. The van der Waals surface area contributed by atoms with Gasteiger partial charge in [-0.2, -0.15) is 5.10 Å². The molecule has 0 aliphatic carbocycles. The highest BCUT2D eigenvalue weighted by molar-refractivity contribution is 5.90. The van der Waals surface area contributed by atoms with E-state index in [2.05, 4.69) is 15.7 Å². The van der Waals surface area contributed by atoms with Crippen LogP contribution in [0.3, 0.4) is 0 Å². The summed E-state index contributed by atoms with van der Waals surface area (Å²) in [4.78, 5) is 34.7. The van der Waals surface area contributed by atoms with Gasteiger partial charge in [0.15, 0.2) is 6.04 Å². The van der Waals surface area contributed by atoms with E-state index in [1.807, 2.05) is 0 Å². The molecular weight excluding hydrogens is 276 g/mol. The van der Waals surface area contributed by atoms with Gasteiger partial charge in [0, 0.05) is 25.7 Å². The predicted octanol–water partition coefficient (Wildman–Crippen LogP) is -0.177. The van der Waals surface area contributed by atoms with E-state index >= 15 is 0 Å². The lowest BCUT2D eigenvalue weighted by atomic mass is 10.0. The Kier molecular flexibility index (Phi) is 5.45. The fourth-order valence-electron chi connectivity index (χ4n) is 1.86. The molecule has 1 heterocycles. The van der Waals surface area contributed by atoms with E-state index in [9.17, 15) is 19.5 Å². The Morgan fingerprint density at radius 1 is 1.29 bits per heavy atom. The van der Waals surface area contributed by atoms with Gasteiger partial charge >= 0.3 is 5.97 Å². The Balaban J connectivity index is 2.89. The molecule has 0 radical (unpaired) electrons. The maximum atomic E-state index is 12.2. The van der Waals surface area contributed by atoms with Crippen LogP contribution in [0, 0.1) is 5.92 Å². The van der Waals surface area contributed by atoms with Gasteiger partial charge < -0.3 is 15.7 Å². The molecule has 0 saturated heterocycles. The molecule has 3 N–H and O–H groups in total. The lowest BCUT2D eigenvalue weighted by Crippen LogP contribution is -2.50. The summed E-state index contributed by atoms with van der Waals surface area (Å²) in [6.45, 7) is 4.83. The van der Waals surface area contributed by atoms with Crippen LogP contribution in [0.15, 0.2) is 12.4 Å². The number of aromatic nitrogens is 2. The Labute approximate surface area is 122 Å². The maximum Gasteiger partial charge on any atom is 0.331 e. The second kappa shape index (κ2) is 6.87. The van der Waals surface area contributed by atoms with Crippen molar-refractivity contribution < 1.29 is 19.5 Å². The summed E-state index contributed by atoms with van der Waals surface area (Å²) in [5.74, 6) is -2.26. The Bertz CT molecular complexity index is 538. The van der Waals surface area contributed by atoms with Gasteiger partial charge in [0.2, 0.25) is 11.8 Å². The third kappa shape index (κ3) is 4.59. The van der Waals surface area contributed by atoms with Crippen molar-refractivity contribution in [3.05, 3.63) is 18.0 Å². The zero-order valence-electron chi connectivity index (χ0n) is 12.5. The first-order chi connectivity index (χ1) is 9.72. The molecular formula is C13H20N4O4. The summed E-state index contributed by atoms with van der Waals surface area (Å²) in [5.41, 5.74) is 0.365. The van der Waals surface area contributed by atoms with Gasteiger partial charge in [-0.15, -0.1) is 0 Å². The zero-order valence-corrected chi connectivity index (χ0v) is 12.5. The van der Waals surface area contributed by atoms with E-state index in [1.54, 1.807) is 20.9 Å². The number of aliphatic carboxylic acids is 1. The second-order valence-electron chi connectivity index (χ2n) is 5.15. The van der Waals surface area contributed by atoms with Crippen molar-refractivity contribution in [3.8, 4) is 0 Å². The number of carboxylic acid groups (broad SMARTS) is 1. The highest BCUT2D eigenvalue weighted by atomic mass is 16.4. The van der Waals surface area contributed by atoms with Gasteiger partial charge in [0.05, 0.1) is 6.20 Å². The molecule has 0 aliphatic rings. The van der Waals surface area contributed by atoms with Gasteiger partial charge in [-0.1, -0.05) is 13.8 Å². The number of nitrogens with zero attached hydrogens (tertiary/aromatic N) is 2. The quantitative estimate of drug-likeness (QED) is 0.674. The summed E-state index contributed by atoms with van der Waals surface area (Å²) in [5, 5.41) is 18.1. The fourth-order valence-corrected chi connectivity index (χ4v) is 1.86. The van der Waals surface area contributed by atoms with Crippen molar-refractivity contribution in [1.82, 2.24) is 20.4 Å². The van der Waals surface area contributed by atoms with Crippen LogP contribution in [0.5, 0.6) is 0 Å². The van der Waals surface area contributed by atoms with Crippen LogP contribution in [0.2, 0.25) is 0 Å². The normalized spacial score (nSPS) is 13.6. The average molecular weight is 296 g/mol. The van der Waals surface area contributed by atoms with Crippen LogP contribution < -0.4 is 10.6 Å². The number of aryl methyl sites for hydroxylation is 1. The number of carbonyl (C=O) groups excluding carboxylic acids is 2. The van der Waals surface area contributed by atoms with Crippen molar-refractivity contribution in [2.24, 2.45) is 13.0 Å². The molecule has 0 fully saturated rings. The standard InChI is InChI=1S/C13H20N4O4/c1-7(2)10(15-8(3)18)12(19)16-11(13(20)21)9-5-14-17(4)6-9/h5-7,10-11H,1-4H3,(H,15,18)(H,16,19)(H,20,21). The van der Waals surface area contributed by atoms with Gasteiger partial charge in [-0.25, -0.2) is 4.79 Å². The predicted molar refractivity (Wildman–Crippen MR) is 74.2 cm³/mol. The molecule has 1 aromatic heterocycles. The first-order valence-corrected chi connectivity index (χ1v) is 6.51. The number of carbonyl (C=O) groups is 3. The van der Waals surface area contributed by atoms with Gasteiger partial charge in [0.25, 0.3) is 0 Å². The lowest BCUT2D eigenvalue weighted by Gasteiger charge is -2.23. The third-order valence-corrected chi connectivity index (χ3v) is 2.90. The Morgan fingerprint density at radius 3 is 2.29 bits per heavy atom. The van der Waals surface area contributed by atoms with Crippen LogP contribution in [0.4, 0.5) is 0 Å². The molecule has 2 atom stereocenters. The van der Waals surface area contributed by atoms with Crippen LogP contribution in [-0.4, -0.2) is 38.7 Å². The smallest absolute Gasteiger partial charge is 0.331 e. The molecule has 0 spiro atoms. The summed E-state index contributed by atoms with van der Waals surface area (Å²) in [6, 6.07) is -2.00. The molecule has 0 aliphatic heterocycles. The van der Waals surface area contributed by atoms with Gasteiger partial charge in [-0.05, 0) is 5.92 Å². The number of rotatable bonds is 6. The van der Waals surface area contributed by atoms with Gasteiger partial charge in [-0.3, -0.25) is 14.3 Å². The molecule has 2 unspecified atom stereocenters. The molecule has 8 heteroatoms. The SMILES string of the molecule is CC(=O)NC(C(=O)NC(C(=O)O)c1cnn(C)c1)C(C)C. The molecule has 1 rings (SSSR count). The molecule has 21 heavy (non-hydrogen) atoms. The topological polar surface area (TPSA) is 113 Å². The van der Waals surface area contributed by atoms with Crippen molar-refractivity contribution in [2.45, 2.75) is 32.9 Å². The van der Waals surface area contributed by atoms with Crippen molar-refractivity contribution in [1.29, 1.82) is 0 Å². The minimum Gasteiger partial charge on any atom is -0.479 e. The van der Waals surface area contributed by atoms with E-state index in [-0.39, 0.29) is 11.8 Å². The van der Waals surface area contributed by atoms with E-state index in [1.165, 1.54) is 24.0 Å². The Morgan fingerprint density at radius 2 is 1.90 bits per heavy atom. The molecule has 116 valence electrons. The highest BCUT2D eigenvalue weighted by Crippen LogP contribution is 2.13. The summed E-state index contributed by atoms with van der Waals surface area (Å²) >= 11 is 0. The number of carboxylic acids is 1. The molecule has 0 saturated carbocycles. The van der Waals surface area contributed by atoms with E-state index < -0.39 is 24.0 Å². The molecule has 0 aromatic carbocycles. The highest BCUT2D eigenvalue weighted by Gasteiger charge is 2.29. The van der Waals surface area contributed by atoms with Crippen LogP contribution in [-0.2, 0) is 21.4 Å². The molecule has 0 bridgehead atoms. The van der Waals surface area contributed by atoms with Crippen molar-refractivity contribution >= 4 is 17.8 Å². The number of nitrogens with one attached hydrogen (secondary N) is 2. The largest absolute Gasteiger partial charge is 0.479 e. The van der Waals surface area contributed by atoms with Crippen molar-refractivity contribution in [2.75, 3.05) is 0 Å². The van der Waals surface area contributed by atoms with E-state index in [0.717, 1.165) is 0 Å². The zero-order chi connectivity index (χ0) is 16.2. The van der Waals surface area contributed by atoms with Crippen LogP contribution in [0.25, 0.3) is 0 Å². The summed E-state index contributed by atoms with van der Waals surface area (Å²) in [6.07, 6.45) is 2.89. The van der Waals surface area contributed by atoms with E-state index in [0.29, 0.717) is 5.56 Å². The maximum absolute atomic E-state index is 12.2. The number of hydrogen-bond donors (Lipinski definition) is 3. The minimum absolute atomic E-state index is 0.169. The van der Waals surface area contributed by atoms with Crippen LogP contribution >= 0.6 is 0 Å². The summed E-state index contributed by atoms with van der Waals surface area (Å²) < 4.78 is 1.45. The molecule has 2 amide bonds. The number of hydrogen-bond acceptors (Lipinski definition) is 4. The number of amides is 2. The first kappa shape index (κ1) is 16.7. The van der Waals surface area contributed by atoms with E-state index in [4.69, 9.17) is 0 Å². The van der Waals surface area contributed by atoms with Gasteiger partial charge in [0.1, 0.15) is 6.04 Å². The third-order valence-electron chi connectivity index (χ3n) is 2.90. The first-order valence-electron chi connectivity index (χ1n) is 6.51. The molecule has 8 nitrogen and oxygen atoms in total. The fraction of sp³-hybridized carbons (Fsp3) is 0.538.